The number of rotatable bonds is 4. The number of halogens is 1. The molecular formula is C17H21FN2O5. The van der Waals surface area contributed by atoms with Crippen LogP contribution in [-0.2, 0) is 20.8 Å². The van der Waals surface area contributed by atoms with E-state index in [0.717, 1.165) is 6.07 Å². The summed E-state index contributed by atoms with van der Waals surface area (Å²) in [7, 11) is 1.53. The zero-order valence-corrected chi connectivity index (χ0v) is 14.2. The lowest BCUT2D eigenvalue weighted by atomic mass is 9.84. The molecule has 2 aliphatic heterocycles. The number of carbonyl (C=O) groups is 2. The molecule has 8 heteroatoms. The minimum absolute atomic E-state index is 0.0342. The summed E-state index contributed by atoms with van der Waals surface area (Å²) in [6.45, 7) is 2.86. The summed E-state index contributed by atoms with van der Waals surface area (Å²) in [6, 6.07) is 2.21. The van der Waals surface area contributed by atoms with Crippen LogP contribution in [0.1, 0.15) is 22.8 Å². The standard InChI is InChI=1S/C17H21FN2O5/c1-10-6-25-14-4-11(15(19)21)3-13(18)12(14)5-20(10)16(22)17(7-23-2)8-24-9-17/h3-4,10H,5-9H2,1-2H3,(H2,19,21)/t10-/m0/s1. The molecule has 1 aromatic rings. The third-order valence-electron chi connectivity index (χ3n) is 4.67. The molecule has 0 unspecified atom stereocenters. The van der Waals surface area contributed by atoms with Crippen molar-refractivity contribution in [1.29, 1.82) is 0 Å². The number of hydrogen-bond acceptors (Lipinski definition) is 5. The topological polar surface area (TPSA) is 91.1 Å². The lowest BCUT2D eigenvalue weighted by Gasteiger charge is -2.43. The average molecular weight is 352 g/mol. The van der Waals surface area contributed by atoms with Gasteiger partial charge in [0, 0.05) is 18.2 Å². The van der Waals surface area contributed by atoms with Crippen LogP contribution in [0.2, 0.25) is 0 Å². The fraction of sp³-hybridized carbons (Fsp3) is 0.529. The third kappa shape index (κ3) is 3.07. The van der Waals surface area contributed by atoms with Gasteiger partial charge in [0.1, 0.15) is 23.6 Å². The maximum absolute atomic E-state index is 14.5. The van der Waals surface area contributed by atoms with Gasteiger partial charge in [0.25, 0.3) is 0 Å². The zero-order valence-electron chi connectivity index (χ0n) is 14.2. The molecule has 2 aliphatic rings. The van der Waals surface area contributed by atoms with Crippen molar-refractivity contribution in [3.63, 3.8) is 0 Å². The Morgan fingerprint density at radius 3 is 2.72 bits per heavy atom. The molecule has 25 heavy (non-hydrogen) atoms. The van der Waals surface area contributed by atoms with Gasteiger partial charge in [-0.2, -0.15) is 0 Å². The Hall–Kier alpha value is -2.19. The van der Waals surface area contributed by atoms with Gasteiger partial charge >= 0.3 is 0 Å². The second-order valence-electron chi connectivity index (χ2n) is 6.60. The van der Waals surface area contributed by atoms with Crippen molar-refractivity contribution in [1.82, 2.24) is 4.90 Å². The number of amides is 2. The van der Waals surface area contributed by atoms with Crippen LogP contribution >= 0.6 is 0 Å². The number of benzene rings is 1. The Bertz CT molecular complexity index is 705. The SMILES string of the molecule is COCC1(C(=O)N2Cc3c(F)cc(C(N)=O)cc3OC[C@@H]2C)COC1. The van der Waals surface area contributed by atoms with Crippen LogP contribution in [0.25, 0.3) is 0 Å². The van der Waals surface area contributed by atoms with Crippen molar-refractivity contribution in [2.24, 2.45) is 11.1 Å². The van der Waals surface area contributed by atoms with Crippen molar-refractivity contribution in [2.75, 3.05) is 33.5 Å². The number of methoxy groups -OCH3 is 1. The molecule has 0 bridgehead atoms. The Labute approximate surface area is 144 Å². The van der Waals surface area contributed by atoms with Gasteiger partial charge in [-0.1, -0.05) is 0 Å². The molecule has 0 aliphatic carbocycles. The number of nitrogens with two attached hydrogens (primary N) is 1. The molecule has 0 saturated carbocycles. The van der Waals surface area contributed by atoms with Gasteiger partial charge in [-0.15, -0.1) is 0 Å². The van der Waals surface area contributed by atoms with Crippen LogP contribution < -0.4 is 10.5 Å². The monoisotopic (exact) mass is 352 g/mol. The summed E-state index contributed by atoms with van der Waals surface area (Å²) < 4.78 is 30.5. The first kappa shape index (κ1) is 17.6. The Morgan fingerprint density at radius 1 is 1.44 bits per heavy atom. The van der Waals surface area contributed by atoms with Gasteiger partial charge in [-0.25, -0.2) is 4.39 Å². The van der Waals surface area contributed by atoms with Crippen LogP contribution in [0.4, 0.5) is 4.39 Å². The first-order valence-corrected chi connectivity index (χ1v) is 8.01. The van der Waals surface area contributed by atoms with Crippen molar-refractivity contribution < 1.29 is 28.2 Å². The summed E-state index contributed by atoms with van der Waals surface area (Å²) >= 11 is 0. The van der Waals surface area contributed by atoms with Crippen LogP contribution in [0, 0.1) is 11.2 Å². The van der Waals surface area contributed by atoms with Crippen LogP contribution in [0.3, 0.4) is 0 Å². The van der Waals surface area contributed by atoms with E-state index in [1.54, 1.807) is 4.90 Å². The minimum atomic E-state index is -0.739. The maximum atomic E-state index is 14.5. The zero-order chi connectivity index (χ0) is 18.2. The number of carbonyl (C=O) groups excluding carboxylic acids is 2. The predicted molar refractivity (Wildman–Crippen MR) is 85.6 cm³/mol. The number of hydrogen-bond donors (Lipinski definition) is 1. The second-order valence-corrected chi connectivity index (χ2v) is 6.60. The average Bonchev–Trinajstić information content (AvgIpc) is 2.70. The van der Waals surface area contributed by atoms with E-state index in [0.29, 0.717) is 0 Å². The molecule has 2 N–H and O–H groups in total. The smallest absolute Gasteiger partial charge is 0.248 e. The van der Waals surface area contributed by atoms with Gasteiger partial charge in [-0.05, 0) is 19.1 Å². The molecule has 1 fully saturated rings. The second kappa shape index (κ2) is 6.61. The summed E-state index contributed by atoms with van der Waals surface area (Å²) in [5, 5.41) is 0. The number of nitrogens with zero attached hydrogens (tertiary/aromatic N) is 1. The van der Waals surface area contributed by atoms with E-state index in [9.17, 15) is 14.0 Å². The highest BCUT2D eigenvalue weighted by atomic mass is 19.1. The van der Waals surface area contributed by atoms with E-state index in [-0.39, 0.29) is 61.8 Å². The Kier molecular flexibility index (Phi) is 4.66. The van der Waals surface area contributed by atoms with Crippen LogP contribution in [-0.4, -0.2) is 56.3 Å². The Balaban J connectivity index is 1.93. The highest BCUT2D eigenvalue weighted by Gasteiger charge is 2.49. The largest absolute Gasteiger partial charge is 0.491 e. The lowest BCUT2D eigenvalue weighted by Crippen LogP contribution is -2.59. The van der Waals surface area contributed by atoms with Gasteiger partial charge in [0.2, 0.25) is 11.8 Å². The number of fused-ring (bicyclic) bond motifs is 1. The quantitative estimate of drug-likeness (QED) is 0.861. The molecule has 1 saturated heterocycles. The first-order chi connectivity index (χ1) is 11.9. The summed E-state index contributed by atoms with van der Waals surface area (Å²) in [4.78, 5) is 26.0. The Morgan fingerprint density at radius 2 is 2.16 bits per heavy atom. The predicted octanol–water partition coefficient (Wildman–Crippen LogP) is 0.697. The number of ether oxygens (including phenoxy) is 3. The molecule has 1 aromatic carbocycles. The minimum Gasteiger partial charge on any atom is -0.491 e. The lowest BCUT2D eigenvalue weighted by molar-refractivity contribution is -0.185. The maximum Gasteiger partial charge on any atom is 0.248 e. The summed E-state index contributed by atoms with van der Waals surface area (Å²) in [5.41, 5.74) is 4.75. The molecule has 2 heterocycles. The van der Waals surface area contributed by atoms with Gasteiger partial charge in [0.15, 0.2) is 0 Å². The number of primary amides is 1. The fourth-order valence-corrected chi connectivity index (χ4v) is 3.13. The molecule has 0 spiro atoms. The van der Waals surface area contributed by atoms with E-state index in [4.69, 9.17) is 19.9 Å². The molecular weight excluding hydrogens is 331 g/mol. The van der Waals surface area contributed by atoms with Gasteiger partial charge < -0.3 is 24.8 Å². The van der Waals surface area contributed by atoms with Crippen LogP contribution in [0.15, 0.2) is 12.1 Å². The van der Waals surface area contributed by atoms with Crippen molar-refractivity contribution in [3.05, 3.63) is 29.1 Å². The molecule has 0 radical (unpaired) electrons. The van der Waals surface area contributed by atoms with E-state index in [1.165, 1.54) is 13.2 Å². The highest BCUT2D eigenvalue weighted by molar-refractivity contribution is 5.93. The fourth-order valence-electron chi connectivity index (χ4n) is 3.13. The molecule has 0 aromatic heterocycles. The van der Waals surface area contributed by atoms with Crippen molar-refractivity contribution in [3.8, 4) is 5.75 Å². The van der Waals surface area contributed by atoms with E-state index < -0.39 is 17.1 Å². The van der Waals surface area contributed by atoms with Crippen LogP contribution in [0.5, 0.6) is 5.75 Å². The molecule has 2 amide bonds. The van der Waals surface area contributed by atoms with E-state index in [2.05, 4.69) is 0 Å². The highest BCUT2D eigenvalue weighted by Crippen LogP contribution is 2.35. The van der Waals surface area contributed by atoms with Gasteiger partial charge in [-0.3, -0.25) is 9.59 Å². The summed E-state index contributed by atoms with van der Waals surface area (Å²) in [5.74, 6) is -1.27. The third-order valence-corrected chi connectivity index (χ3v) is 4.67. The summed E-state index contributed by atoms with van der Waals surface area (Å²) in [6.07, 6.45) is 0. The molecule has 7 nitrogen and oxygen atoms in total. The molecule has 136 valence electrons. The first-order valence-electron chi connectivity index (χ1n) is 8.01. The van der Waals surface area contributed by atoms with Crippen molar-refractivity contribution in [2.45, 2.75) is 19.5 Å². The molecule has 3 rings (SSSR count). The van der Waals surface area contributed by atoms with Crippen molar-refractivity contribution >= 4 is 11.8 Å². The van der Waals surface area contributed by atoms with E-state index in [1.807, 2.05) is 6.92 Å². The van der Waals surface area contributed by atoms with E-state index >= 15 is 0 Å². The normalized spacial score (nSPS) is 21.6. The van der Waals surface area contributed by atoms with Gasteiger partial charge in [0.05, 0.1) is 32.4 Å². The molecule has 1 atom stereocenters.